The predicted molar refractivity (Wildman–Crippen MR) is 112 cm³/mol. The van der Waals surface area contributed by atoms with Crippen LogP contribution in [-0.2, 0) is 19.5 Å². The molecule has 3 aromatic rings. The van der Waals surface area contributed by atoms with Gasteiger partial charge in [0.1, 0.15) is 5.69 Å². The molecule has 1 aliphatic rings. The first-order valence-electron chi connectivity index (χ1n) is 9.92. The van der Waals surface area contributed by atoms with Crippen LogP contribution in [0.2, 0.25) is 0 Å². The third-order valence-corrected chi connectivity index (χ3v) is 5.27. The van der Waals surface area contributed by atoms with Crippen molar-refractivity contribution in [3.8, 4) is 0 Å². The van der Waals surface area contributed by atoms with E-state index in [1.807, 2.05) is 66.1 Å². The number of hydrogen-bond acceptors (Lipinski definition) is 3. The summed E-state index contributed by atoms with van der Waals surface area (Å²) >= 11 is 0. The summed E-state index contributed by atoms with van der Waals surface area (Å²) in [5.74, 6) is -0.237. The zero-order chi connectivity index (χ0) is 20.2. The number of nitrogens with zero attached hydrogens (tertiary/aromatic N) is 2. The Balaban J connectivity index is 1.56. The van der Waals surface area contributed by atoms with Crippen molar-refractivity contribution in [3.05, 3.63) is 82.9 Å². The van der Waals surface area contributed by atoms with E-state index in [-0.39, 0.29) is 11.8 Å². The predicted octanol–water partition coefficient (Wildman–Crippen LogP) is 3.71. The number of imidazole rings is 1. The van der Waals surface area contributed by atoms with Gasteiger partial charge in [-0.3, -0.25) is 9.59 Å². The molecule has 1 aliphatic heterocycles. The van der Waals surface area contributed by atoms with Crippen LogP contribution in [0.1, 0.15) is 50.8 Å². The number of carbonyl (C=O) groups is 2. The second-order valence-electron chi connectivity index (χ2n) is 7.27. The van der Waals surface area contributed by atoms with Crippen LogP contribution in [0.15, 0.2) is 54.6 Å². The molecule has 2 N–H and O–H groups in total. The highest BCUT2D eigenvalue weighted by Gasteiger charge is 2.27. The molecule has 2 aromatic carbocycles. The first kappa shape index (κ1) is 18.9. The summed E-state index contributed by atoms with van der Waals surface area (Å²) in [6.07, 6.45) is 2.71. The normalized spacial score (nSPS) is 12.9. The summed E-state index contributed by atoms with van der Waals surface area (Å²) < 4.78 is 1.89. The Morgan fingerprint density at radius 1 is 1.00 bits per heavy atom. The zero-order valence-electron chi connectivity index (χ0n) is 16.4. The molecule has 0 aliphatic carbocycles. The maximum absolute atomic E-state index is 12.9. The third kappa shape index (κ3) is 4.06. The number of fused-ring (bicyclic) bond motifs is 1. The van der Waals surface area contributed by atoms with Crippen LogP contribution >= 0.6 is 0 Å². The van der Waals surface area contributed by atoms with E-state index < -0.39 is 0 Å². The Morgan fingerprint density at radius 2 is 1.76 bits per heavy atom. The highest BCUT2D eigenvalue weighted by atomic mass is 16.2. The van der Waals surface area contributed by atoms with Crippen molar-refractivity contribution in [2.45, 2.75) is 39.3 Å². The second kappa shape index (κ2) is 8.31. The van der Waals surface area contributed by atoms with Gasteiger partial charge >= 0.3 is 0 Å². The lowest BCUT2D eigenvalue weighted by Crippen LogP contribution is -2.25. The first-order chi connectivity index (χ1) is 14.1. The summed E-state index contributed by atoms with van der Waals surface area (Å²) in [5, 5.41) is 5.83. The van der Waals surface area contributed by atoms with Crippen LogP contribution in [0.4, 0.5) is 5.69 Å². The van der Waals surface area contributed by atoms with E-state index in [1.54, 1.807) is 0 Å². The zero-order valence-corrected chi connectivity index (χ0v) is 16.4. The van der Waals surface area contributed by atoms with Gasteiger partial charge in [0.25, 0.3) is 11.8 Å². The van der Waals surface area contributed by atoms with E-state index in [9.17, 15) is 9.59 Å². The highest BCUT2D eigenvalue weighted by molar-refractivity contribution is 6.03. The van der Waals surface area contributed by atoms with Crippen molar-refractivity contribution in [1.82, 2.24) is 14.9 Å². The molecular formula is C23H24N4O2. The lowest BCUT2D eigenvalue weighted by atomic mass is 10.1. The summed E-state index contributed by atoms with van der Waals surface area (Å²) in [7, 11) is 0. The summed E-state index contributed by atoms with van der Waals surface area (Å²) in [6, 6.07) is 17.2. The van der Waals surface area contributed by atoms with Crippen molar-refractivity contribution in [2.24, 2.45) is 0 Å². The fourth-order valence-corrected chi connectivity index (χ4v) is 3.67. The fraction of sp³-hybridized carbons (Fsp3) is 0.261. The van der Waals surface area contributed by atoms with Gasteiger partial charge in [0, 0.05) is 18.8 Å². The summed E-state index contributed by atoms with van der Waals surface area (Å²) in [4.78, 5) is 30.2. The van der Waals surface area contributed by atoms with Crippen LogP contribution in [0.25, 0.3) is 0 Å². The van der Waals surface area contributed by atoms with Crippen LogP contribution in [0, 0.1) is 6.92 Å². The van der Waals surface area contributed by atoms with Crippen LogP contribution in [-0.4, -0.2) is 21.4 Å². The minimum atomic E-state index is -0.294. The summed E-state index contributed by atoms with van der Waals surface area (Å²) in [5.41, 5.74) is 4.10. The molecule has 0 saturated heterocycles. The number of anilines is 1. The number of benzene rings is 2. The first-order valence-corrected chi connectivity index (χ1v) is 9.92. The van der Waals surface area contributed by atoms with Gasteiger partial charge in [-0.25, -0.2) is 4.98 Å². The van der Waals surface area contributed by atoms with Crippen molar-refractivity contribution in [1.29, 1.82) is 0 Å². The molecule has 2 heterocycles. The average molecular weight is 388 g/mol. The molecule has 2 amide bonds. The summed E-state index contributed by atoms with van der Waals surface area (Å²) in [6.45, 7) is 3.15. The number of para-hydroxylation sites is 1. The molecule has 0 atom stereocenters. The van der Waals surface area contributed by atoms with Crippen molar-refractivity contribution < 1.29 is 9.59 Å². The van der Waals surface area contributed by atoms with Gasteiger partial charge in [0.2, 0.25) is 0 Å². The lowest BCUT2D eigenvalue weighted by molar-refractivity contribution is 0.0945. The molecule has 29 heavy (non-hydrogen) atoms. The van der Waals surface area contributed by atoms with Gasteiger partial charge in [-0.1, -0.05) is 42.5 Å². The number of aromatic nitrogens is 2. The maximum atomic E-state index is 12.9. The van der Waals surface area contributed by atoms with E-state index in [1.165, 1.54) is 0 Å². The number of rotatable bonds is 5. The largest absolute Gasteiger partial charge is 0.347 e. The standard InChI is InChI=1S/C23H24N4O2/c1-16-9-5-6-10-17(16)15-24-22(28)20-19-13-7-8-14-27(19)21(26-20)23(29)25-18-11-3-2-4-12-18/h2-6,9-12H,7-8,13-15H2,1H3,(H,24,28)(H,25,29). The average Bonchev–Trinajstić information content (AvgIpc) is 3.14. The van der Waals surface area contributed by atoms with Crippen LogP contribution in [0.3, 0.4) is 0 Å². The molecule has 1 aromatic heterocycles. The fourth-order valence-electron chi connectivity index (χ4n) is 3.67. The smallest absolute Gasteiger partial charge is 0.291 e. The number of amides is 2. The maximum Gasteiger partial charge on any atom is 0.291 e. The monoisotopic (exact) mass is 388 g/mol. The van der Waals surface area contributed by atoms with Gasteiger partial charge in [0.05, 0.1) is 5.69 Å². The minimum Gasteiger partial charge on any atom is -0.347 e. The SMILES string of the molecule is Cc1ccccc1CNC(=O)c1nc(C(=O)Nc2ccccc2)n2c1CCCC2. The topological polar surface area (TPSA) is 76.0 Å². The van der Waals surface area contributed by atoms with Gasteiger partial charge < -0.3 is 15.2 Å². The lowest BCUT2D eigenvalue weighted by Gasteiger charge is -2.17. The van der Waals surface area contributed by atoms with E-state index >= 15 is 0 Å². The van der Waals surface area contributed by atoms with E-state index in [2.05, 4.69) is 15.6 Å². The number of hydrogen-bond donors (Lipinski definition) is 2. The Bertz CT molecular complexity index is 1040. The Morgan fingerprint density at radius 3 is 2.55 bits per heavy atom. The molecule has 148 valence electrons. The number of aryl methyl sites for hydroxylation is 1. The highest BCUT2D eigenvalue weighted by Crippen LogP contribution is 2.22. The molecule has 0 spiro atoms. The number of carbonyl (C=O) groups excluding carboxylic acids is 2. The molecule has 0 unspecified atom stereocenters. The van der Waals surface area contributed by atoms with Crippen LogP contribution < -0.4 is 10.6 Å². The molecule has 0 bridgehead atoms. The molecule has 6 nitrogen and oxygen atoms in total. The Kier molecular flexibility index (Phi) is 5.42. The molecule has 0 radical (unpaired) electrons. The van der Waals surface area contributed by atoms with Crippen LogP contribution in [0.5, 0.6) is 0 Å². The number of nitrogens with one attached hydrogen (secondary N) is 2. The van der Waals surface area contributed by atoms with Gasteiger partial charge in [-0.2, -0.15) is 0 Å². The Labute approximate surface area is 170 Å². The van der Waals surface area contributed by atoms with Crippen molar-refractivity contribution in [3.63, 3.8) is 0 Å². The minimum absolute atomic E-state index is 0.238. The van der Waals surface area contributed by atoms with Gasteiger partial charge in [-0.15, -0.1) is 0 Å². The van der Waals surface area contributed by atoms with Crippen molar-refractivity contribution >= 4 is 17.5 Å². The Hall–Kier alpha value is -3.41. The molecular weight excluding hydrogens is 364 g/mol. The second-order valence-corrected chi connectivity index (χ2v) is 7.27. The van der Waals surface area contributed by atoms with Crippen molar-refractivity contribution in [2.75, 3.05) is 5.32 Å². The molecule has 0 saturated carbocycles. The third-order valence-electron chi connectivity index (χ3n) is 5.27. The molecule has 6 heteroatoms. The molecule has 0 fully saturated rings. The van der Waals surface area contributed by atoms with Gasteiger partial charge in [-0.05, 0) is 49.4 Å². The van der Waals surface area contributed by atoms with E-state index in [4.69, 9.17) is 0 Å². The van der Waals surface area contributed by atoms with E-state index in [0.29, 0.717) is 30.3 Å². The quantitative estimate of drug-likeness (QED) is 0.700. The van der Waals surface area contributed by atoms with Gasteiger partial charge in [0.15, 0.2) is 5.82 Å². The van der Waals surface area contributed by atoms with E-state index in [0.717, 1.165) is 36.1 Å². The molecule has 4 rings (SSSR count).